The second-order valence-electron chi connectivity index (χ2n) is 5.04. The lowest BCUT2D eigenvalue weighted by molar-refractivity contribution is 0.167. The van der Waals surface area contributed by atoms with Gasteiger partial charge in [-0.1, -0.05) is 6.07 Å². The fourth-order valence-corrected chi connectivity index (χ4v) is 2.48. The Balaban J connectivity index is 1.65. The molecule has 1 aromatic carbocycles. The molecule has 100 valence electrons. The second kappa shape index (κ2) is 5.05. The number of aliphatic hydroxyl groups is 1. The average Bonchev–Trinajstić information content (AvgIpc) is 3.03. The molecular weight excluding hydrogens is 240 g/mol. The molecule has 0 spiro atoms. The van der Waals surface area contributed by atoms with Crippen LogP contribution < -0.4 is 4.74 Å². The lowest BCUT2D eigenvalue weighted by Gasteiger charge is -2.11. The molecule has 1 unspecified atom stereocenters. The van der Waals surface area contributed by atoms with Crippen LogP contribution in [-0.4, -0.2) is 21.5 Å². The number of aromatic nitrogens is 2. The van der Waals surface area contributed by atoms with Crippen LogP contribution in [0.25, 0.3) is 0 Å². The van der Waals surface area contributed by atoms with Crippen LogP contribution in [0.2, 0.25) is 0 Å². The first-order valence-corrected chi connectivity index (χ1v) is 6.63. The summed E-state index contributed by atoms with van der Waals surface area (Å²) in [5.74, 6) is 0.961. The fourth-order valence-electron chi connectivity index (χ4n) is 2.48. The number of hydrogen-bond acceptors (Lipinski definition) is 3. The van der Waals surface area contributed by atoms with Crippen molar-refractivity contribution in [1.29, 1.82) is 0 Å². The maximum Gasteiger partial charge on any atom is 0.122 e. The Morgan fingerprint density at radius 1 is 1.47 bits per heavy atom. The second-order valence-corrected chi connectivity index (χ2v) is 5.04. The van der Waals surface area contributed by atoms with Gasteiger partial charge in [-0.15, -0.1) is 0 Å². The van der Waals surface area contributed by atoms with E-state index in [1.54, 1.807) is 4.68 Å². The molecule has 1 aromatic heterocycles. The van der Waals surface area contributed by atoms with Crippen molar-refractivity contribution in [2.24, 2.45) is 7.05 Å². The van der Waals surface area contributed by atoms with Gasteiger partial charge in [0.1, 0.15) is 5.75 Å². The Hall–Kier alpha value is -1.81. The standard InChI is InChI=1S/C15H18N2O2/c1-17-10-11(9-16-17)2-4-14(18)12-3-5-15-13(8-12)6-7-19-15/h3,5,8-10,14,18H,2,4,6-7H2,1H3. The minimum absolute atomic E-state index is 0.425. The summed E-state index contributed by atoms with van der Waals surface area (Å²) in [6.45, 7) is 0.755. The van der Waals surface area contributed by atoms with E-state index in [1.807, 2.05) is 31.6 Å². The smallest absolute Gasteiger partial charge is 0.122 e. The van der Waals surface area contributed by atoms with Crippen molar-refractivity contribution in [3.8, 4) is 5.75 Å². The zero-order valence-corrected chi connectivity index (χ0v) is 11.0. The summed E-state index contributed by atoms with van der Waals surface area (Å²) in [4.78, 5) is 0. The van der Waals surface area contributed by atoms with Crippen molar-refractivity contribution in [2.45, 2.75) is 25.4 Å². The maximum atomic E-state index is 10.3. The van der Waals surface area contributed by atoms with Crippen molar-refractivity contribution < 1.29 is 9.84 Å². The molecule has 1 aliphatic heterocycles. The molecule has 0 bridgehead atoms. The summed E-state index contributed by atoms with van der Waals surface area (Å²) in [6, 6.07) is 5.99. The molecule has 1 N–H and O–H groups in total. The number of benzene rings is 1. The van der Waals surface area contributed by atoms with Gasteiger partial charge in [-0.3, -0.25) is 4.68 Å². The van der Waals surface area contributed by atoms with E-state index in [2.05, 4.69) is 11.2 Å². The van der Waals surface area contributed by atoms with Crippen LogP contribution in [0.4, 0.5) is 0 Å². The number of fused-ring (bicyclic) bond motifs is 1. The van der Waals surface area contributed by atoms with Gasteiger partial charge in [0.05, 0.1) is 18.9 Å². The Morgan fingerprint density at radius 3 is 3.16 bits per heavy atom. The number of nitrogens with zero attached hydrogens (tertiary/aromatic N) is 2. The van der Waals surface area contributed by atoms with Crippen molar-refractivity contribution in [3.63, 3.8) is 0 Å². The molecule has 3 rings (SSSR count). The largest absolute Gasteiger partial charge is 0.493 e. The number of rotatable bonds is 4. The summed E-state index contributed by atoms with van der Waals surface area (Å²) >= 11 is 0. The van der Waals surface area contributed by atoms with Crippen LogP contribution in [0.3, 0.4) is 0 Å². The van der Waals surface area contributed by atoms with Gasteiger partial charge >= 0.3 is 0 Å². The van der Waals surface area contributed by atoms with Gasteiger partial charge < -0.3 is 9.84 Å². The van der Waals surface area contributed by atoms with Crippen molar-refractivity contribution in [2.75, 3.05) is 6.61 Å². The lowest BCUT2D eigenvalue weighted by Crippen LogP contribution is -2.00. The third kappa shape index (κ3) is 2.63. The first-order chi connectivity index (χ1) is 9.22. The molecule has 2 aromatic rings. The molecule has 0 saturated heterocycles. The minimum atomic E-state index is -0.425. The van der Waals surface area contributed by atoms with Crippen LogP contribution in [0, 0.1) is 0 Å². The highest BCUT2D eigenvalue weighted by Gasteiger charge is 2.15. The average molecular weight is 258 g/mol. The highest BCUT2D eigenvalue weighted by molar-refractivity contribution is 5.40. The molecule has 0 amide bonds. The molecule has 0 radical (unpaired) electrons. The third-order valence-electron chi connectivity index (χ3n) is 3.56. The predicted octanol–water partition coefficient (Wildman–Crippen LogP) is 2.02. The highest BCUT2D eigenvalue weighted by atomic mass is 16.5. The molecule has 0 fully saturated rings. The Morgan fingerprint density at radius 2 is 2.37 bits per heavy atom. The Labute approximate surface area is 112 Å². The third-order valence-corrected chi connectivity index (χ3v) is 3.56. The van der Waals surface area contributed by atoms with Gasteiger partial charge in [0.2, 0.25) is 0 Å². The van der Waals surface area contributed by atoms with Crippen molar-refractivity contribution in [1.82, 2.24) is 9.78 Å². The molecular formula is C15H18N2O2. The number of aliphatic hydroxyl groups excluding tert-OH is 1. The summed E-state index contributed by atoms with van der Waals surface area (Å²) in [5, 5.41) is 14.4. The summed E-state index contributed by atoms with van der Waals surface area (Å²) in [7, 11) is 1.90. The SMILES string of the molecule is Cn1cc(CCC(O)c2ccc3c(c2)CCO3)cn1. The quantitative estimate of drug-likeness (QED) is 0.912. The topological polar surface area (TPSA) is 47.3 Å². The molecule has 4 nitrogen and oxygen atoms in total. The van der Waals surface area contributed by atoms with E-state index in [4.69, 9.17) is 4.74 Å². The summed E-state index contributed by atoms with van der Waals surface area (Å²) in [6.07, 6.45) is 5.91. The van der Waals surface area contributed by atoms with Crippen LogP contribution in [0.5, 0.6) is 5.75 Å². The maximum absolute atomic E-state index is 10.3. The molecule has 19 heavy (non-hydrogen) atoms. The van der Waals surface area contributed by atoms with E-state index in [9.17, 15) is 5.11 Å². The zero-order valence-electron chi connectivity index (χ0n) is 11.0. The van der Waals surface area contributed by atoms with Gasteiger partial charge in [0, 0.05) is 19.7 Å². The Kier molecular flexibility index (Phi) is 3.25. The first-order valence-electron chi connectivity index (χ1n) is 6.63. The highest BCUT2D eigenvalue weighted by Crippen LogP contribution is 2.29. The molecule has 1 atom stereocenters. The van der Waals surface area contributed by atoms with Crippen LogP contribution in [-0.2, 0) is 19.9 Å². The van der Waals surface area contributed by atoms with E-state index < -0.39 is 6.10 Å². The van der Waals surface area contributed by atoms with Crippen molar-refractivity contribution >= 4 is 0 Å². The van der Waals surface area contributed by atoms with Gasteiger partial charge in [-0.25, -0.2) is 0 Å². The minimum Gasteiger partial charge on any atom is -0.493 e. The normalized spacial score (nSPS) is 15.1. The van der Waals surface area contributed by atoms with E-state index >= 15 is 0 Å². The van der Waals surface area contributed by atoms with Gasteiger partial charge in [-0.05, 0) is 41.7 Å². The van der Waals surface area contributed by atoms with Crippen molar-refractivity contribution in [3.05, 3.63) is 47.3 Å². The summed E-state index contributed by atoms with van der Waals surface area (Å²) < 4.78 is 7.26. The van der Waals surface area contributed by atoms with Crippen LogP contribution in [0.1, 0.15) is 29.2 Å². The molecule has 0 aliphatic carbocycles. The number of ether oxygens (including phenoxy) is 1. The molecule has 2 heterocycles. The van der Waals surface area contributed by atoms with Gasteiger partial charge in [0.15, 0.2) is 0 Å². The van der Waals surface area contributed by atoms with E-state index in [0.717, 1.165) is 36.3 Å². The van der Waals surface area contributed by atoms with Crippen LogP contribution in [0.15, 0.2) is 30.6 Å². The fraction of sp³-hybridized carbons (Fsp3) is 0.400. The number of hydrogen-bond donors (Lipinski definition) is 1. The summed E-state index contributed by atoms with van der Waals surface area (Å²) in [5.41, 5.74) is 3.34. The number of aryl methyl sites for hydroxylation is 2. The molecule has 0 saturated carbocycles. The van der Waals surface area contributed by atoms with Gasteiger partial charge in [-0.2, -0.15) is 5.10 Å². The van der Waals surface area contributed by atoms with E-state index in [1.165, 1.54) is 5.56 Å². The monoisotopic (exact) mass is 258 g/mol. The lowest BCUT2D eigenvalue weighted by atomic mass is 10.00. The van der Waals surface area contributed by atoms with E-state index in [-0.39, 0.29) is 0 Å². The van der Waals surface area contributed by atoms with E-state index in [0.29, 0.717) is 6.42 Å². The molecule has 4 heteroatoms. The van der Waals surface area contributed by atoms with Crippen LogP contribution >= 0.6 is 0 Å². The molecule has 1 aliphatic rings. The Bertz CT molecular complexity index is 577. The predicted molar refractivity (Wildman–Crippen MR) is 72.1 cm³/mol. The first kappa shape index (κ1) is 12.2. The van der Waals surface area contributed by atoms with Gasteiger partial charge in [0.25, 0.3) is 0 Å². The zero-order chi connectivity index (χ0) is 13.2.